The fraction of sp³-hybridized carbons (Fsp3) is 0.260. The normalized spacial score (nSPS) is 12.1. The van der Waals surface area contributed by atoms with E-state index in [-0.39, 0.29) is 30.9 Å². The molecule has 0 unspecified atom stereocenters. The molecule has 1 aliphatic rings. The number of ether oxygens (including phenoxy) is 5. The van der Waals surface area contributed by atoms with Gasteiger partial charge in [0, 0.05) is 134 Å². The van der Waals surface area contributed by atoms with Crippen LogP contribution in [-0.4, -0.2) is 193 Å². The maximum Gasteiger partial charge on any atom is 0.413 e. The first kappa shape index (κ1) is 70.5. The van der Waals surface area contributed by atoms with Gasteiger partial charge in [-0.2, -0.15) is 0 Å². The number of rotatable bonds is 22. The van der Waals surface area contributed by atoms with Crippen LogP contribution in [0.15, 0.2) is 159 Å². The van der Waals surface area contributed by atoms with Crippen molar-refractivity contribution in [3.8, 4) is 78.7 Å². The van der Waals surface area contributed by atoms with E-state index < -0.39 is 18.0 Å². The Morgan fingerprint density at radius 1 is 0.535 bits per heavy atom. The molecule has 12 aromatic rings. The summed E-state index contributed by atoms with van der Waals surface area (Å²) in [5.41, 5.74) is 14.2. The molecular weight excluding hydrogens is 1290 g/mol. The number of aromatic amines is 3. The van der Waals surface area contributed by atoms with Gasteiger partial charge in [0.05, 0.1) is 71.1 Å². The molecule has 0 bridgehead atoms. The molecule has 1 fully saturated rings. The zero-order chi connectivity index (χ0) is 70.6. The summed E-state index contributed by atoms with van der Waals surface area (Å²) in [4.78, 5) is 91.8. The number of hydrogen-bond donors (Lipinski definition) is 7. The van der Waals surface area contributed by atoms with Crippen molar-refractivity contribution >= 4 is 69.2 Å². The molecule has 520 valence electrons. The lowest BCUT2D eigenvalue weighted by Crippen LogP contribution is -2.35. The van der Waals surface area contributed by atoms with Gasteiger partial charge in [0.2, 0.25) is 17.8 Å². The predicted molar refractivity (Wildman–Crippen MR) is 386 cm³/mol. The Hall–Kier alpha value is -11.9. The van der Waals surface area contributed by atoms with E-state index in [4.69, 9.17) is 23.7 Å². The third-order valence-electron chi connectivity index (χ3n) is 15.6. The number of H-pyrrole nitrogens is 3. The van der Waals surface area contributed by atoms with Crippen LogP contribution in [0.5, 0.6) is 11.5 Å². The van der Waals surface area contributed by atoms with Crippen molar-refractivity contribution in [1.82, 2.24) is 79.8 Å². The number of carbonyl (C=O) groups is 3. The van der Waals surface area contributed by atoms with E-state index in [0.717, 1.165) is 124 Å². The molecule has 1 saturated heterocycles. The second-order valence-electron chi connectivity index (χ2n) is 23.5. The van der Waals surface area contributed by atoms with Crippen molar-refractivity contribution in [2.45, 2.75) is 27.3 Å². The lowest BCUT2D eigenvalue weighted by Gasteiger charge is -2.26. The summed E-state index contributed by atoms with van der Waals surface area (Å²) < 4.78 is 41.8. The summed E-state index contributed by atoms with van der Waals surface area (Å²) >= 11 is 0. The van der Waals surface area contributed by atoms with Gasteiger partial charge >= 0.3 is 18.2 Å². The lowest BCUT2D eigenvalue weighted by atomic mass is 10.0. The van der Waals surface area contributed by atoms with E-state index in [9.17, 15) is 18.8 Å². The molecule has 9 aromatic heterocycles. The Balaban J connectivity index is 0.000000153. The molecule has 0 saturated carbocycles. The van der Waals surface area contributed by atoms with Crippen molar-refractivity contribution in [2.24, 2.45) is 0 Å². The molecule has 0 aliphatic carbocycles. The Morgan fingerprint density at radius 3 is 1.48 bits per heavy atom. The summed E-state index contributed by atoms with van der Waals surface area (Å²) in [7, 11) is 8.01. The molecule has 0 spiro atoms. The van der Waals surface area contributed by atoms with Crippen molar-refractivity contribution in [2.75, 3.05) is 117 Å². The maximum atomic E-state index is 14.7. The number of nitrogens with zero attached hydrogens (tertiary/aromatic N) is 12. The molecule has 4 amide bonds. The Morgan fingerprint density at radius 2 is 1.02 bits per heavy atom. The molecule has 101 heavy (non-hydrogen) atoms. The number of amides is 4. The first-order valence-electron chi connectivity index (χ1n) is 32.9. The fourth-order valence-corrected chi connectivity index (χ4v) is 10.8. The second-order valence-corrected chi connectivity index (χ2v) is 23.5. The van der Waals surface area contributed by atoms with Crippen LogP contribution >= 0.6 is 0 Å². The molecule has 10 heterocycles. The van der Waals surface area contributed by atoms with Gasteiger partial charge in [-0.15, -0.1) is 0 Å². The number of hydrogen-bond acceptors (Lipinski definition) is 20. The number of anilines is 3. The zero-order valence-corrected chi connectivity index (χ0v) is 57.0. The number of nitrogens with one attached hydrogen (secondary N) is 7. The minimum absolute atomic E-state index is 0.172. The van der Waals surface area contributed by atoms with E-state index in [0.29, 0.717) is 65.0 Å². The first-order chi connectivity index (χ1) is 49.2. The number of urea groups is 1. The van der Waals surface area contributed by atoms with Gasteiger partial charge in [0.15, 0.2) is 0 Å². The number of aromatic nitrogens is 12. The highest BCUT2D eigenvalue weighted by Gasteiger charge is 2.21. The average molecular weight is 1370 g/mol. The zero-order valence-electron chi connectivity index (χ0n) is 57.0. The molecule has 7 N–H and O–H groups in total. The monoisotopic (exact) mass is 1370 g/mol. The molecule has 0 atom stereocenters. The number of morpholine rings is 1. The molecule has 13 rings (SSSR count). The van der Waals surface area contributed by atoms with Gasteiger partial charge in [-0.25, -0.2) is 33.7 Å². The number of benzene rings is 3. The summed E-state index contributed by atoms with van der Waals surface area (Å²) in [6.45, 7) is 13.1. The summed E-state index contributed by atoms with van der Waals surface area (Å²) in [5.74, 6) is 1.85. The highest BCUT2D eigenvalue weighted by atomic mass is 19.1. The smallest absolute Gasteiger partial charge is 0.413 e. The van der Waals surface area contributed by atoms with Crippen LogP contribution in [0.3, 0.4) is 0 Å². The van der Waals surface area contributed by atoms with Crippen LogP contribution in [0.4, 0.5) is 36.6 Å². The lowest BCUT2D eigenvalue weighted by molar-refractivity contribution is 0.0336. The van der Waals surface area contributed by atoms with Crippen LogP contribution < -0.4 is 30.7 Å². The van der Waals surface area contributed by atoms with E-state index in [1.54, 1.807) is 44.8 Å². The standard InChI is InChI=1S/C25H25FN6O3.C24H27N7O2.C24H26N6O3/c1-2-35-25(33)31-24-29-21-13-17(12-19(23(21)30-24)22-20(26)4-3-7-27-22)16-5-6-18(28-14-16)15-32-8-10-34-11-9-32;1-4-26-24(32)30-23-28-21-13-17(16-6-5-8-25-15-16)12-19(22(21)29-23)20-14-18(7-9-27-20)33-11-10-31(2)3;1-4-32-24(31)29-23-27-21-13-17(16-6-5-8-25-15-16)12-19(22(21)28-23)20-14-18(7-9-26-20)33-11-10-30(2)3/h3-7,12-14H,2,8-11,15H2,1H3,(H2,29,30,31,33);5-9,12-15H,4,10-11H2,1-3H3,(H3,26,28,29,30,32);5-9,12-15H,4,10-11H2,1-3H3,(H2,27,28,29,31). The Bertz CT molecular complexity index is 4570. The van der Waals surface area contributed by atoms with Crippen LogP contribution in [0.2, 0.25) is 0 Å². The number of fused-ring (bicyclic) bond motifs is 3. The van der Waals surface area contributed by atoms with Crippen LogP contribution in [0, 0.1) is 5.82 Å². The van der Waals surface area contributed by atoms with Gasteiger partial charge in [0.25, 0.3) is 0 Å². The second kappa shape index (κ2) is 34.1. The Kier molecular flexibility index (Phi) is 23.8. The van der Waals surface area contributed by atoms with E-state index >= 15 is 0 Å². The molecule has 28 heteroatoms. The van der Waals surface area contributed by atoms with Crippen LogP contribution in [-0.2, 0) is 20.8 Å². The largest absolute Gasteiger partial charge is 0.492 e. The van der Waals surface area contributed by atoms with Gasteiger partial charge in [-0.05, 0) is 145 Å². The van der Waals surface area contributed by atoms with E-state index in [1.807, 2.05) is 145 Å². The first-order valence-corrected chi connectivity index (χ1v) is 32.9. The van der Waals surface area contributed by atoms with E-state index in [1.165, 1.54) is 18.3 Å². The minimum atomic E-state index is -0.627. The van der Waals surface area contributed by atoms with Crippen molar-refractivity contribution in [3.63, 3.8) is 0 Å². The predicted octanol–water partition coefficient (Wildman–Crippen LogP) is 12.2. The number of carbonyl (C=O) groups excluding carboxylic acids is 3. The molecule has 3 aromatic carbocycles. The number of pyridine rings is 6. The maximum absolute atomic E-state index is 14.7. The van der Waals surface area contributed by atoms with Gasteiger partial charge in [-0.3, -0.25) is 50.8 Å². The molecule has 27 nitrogen and oxygen atoms in total. The van der Waals surface area contributed by atoms with Gasteiger partial charge < -0.3 is 53.8 Å². The third-order valence-corrected chi connectivity index (χ3v) is 15.6. The number of halogens is 1. The highest BCUT2D eigenvalue weighted by Crippen LogP contribution is 2.38. The van der Waals surface area contributed by atoms with Crippen molar-refractivity contribution < 1.29 is 42.5 Å². The summed E-state index contributed by atoms with van der Waals surface area (Å²) in [6.07, 6.45) is 12.7. The number of imidazole rings is 3. The third kappa shape index (κ3) is 18.9. The minimum Gasteiger partial charge on any atom is -0.492 e. The number of likely N-dealkylation sites (N-methyl/N-ethyl adjacent to an activating group) is 2. The molecular formula is C73H78FN19O8. The van der Waals surface area contributed by atoms with Crippen molar-refractivity contribution in [1.29, 1.82) is 0 Å². The molecule has 0 radical (unpaired) electrons. The average Bonchev–Trinajstić information content (AvgIpc) is 1.70. The summed E-state index contributed by atoms with van der Waals surface area (Å²) in [6, 6.07) is 33.5. The van der Waals surface area contributed by atoms with Gasteiger partial charge in [0.1, 0.15) is 41.7 Å². The summed E-state index contributed by atoms with van der Waals surface area (Å²) in [5, 5.41) is 10.6. The highest BCUT2D eigenvalue weighted by molar-refractivity contribution is 6.00. The van der Waals surface area contributed by atoms with E-state index in [2.05, 4.69) is 95.8 Å². The fourth-order valence-electron chi connectivity index (χ4n) is 10.8. The quantitative estimate of drug-likeness (QED) is 0.0331. The molecule has 1 aliphatic heterocycles. The SMILES string of the molecule is CCNC(=O)Nc1nc2c(-c3cc(OCCN(C)C)ccn3)cc(-c3cccnc3)cc2[nH]1.CCOC(=O)Nc1nc2c(-c3cc(OCCN(C)C)ccn3)cc(-c3cccnc3)cc2[nH]1.CCOC(=O)Nc1nc2c(-c3ncccc3F)cc(-c3ccc(CN4CCOCC4)nc3)cc2[nH]1. The van der Waals surface area contributed by atoms with Crippen LogP contribution in [0.1, 0.15) is 26.5 Å². The van der Waals surface area contributed by atoms with Crippen molar-refractivity contribution in [3.05, 3.63) is 170 Å². The van der Waals surface area contributed by atoms with Crippen LogP contribution in [0.25, 0.3) is 100 Å². The Labute approximate surface area is 581 Å². The van der Waals surface area contributed by atoms with Gasteiger partial charge in [-0.1, -0.05) is 18.2 Å². The topological polar surface area (TPSA) is 319 Å².